The lowest BCUT2D eigenvalue weighted by atomic mass is 10.0. The maximum atomic E-state index is 12.5. The van der Waals surface area contributed by atoms with E-state index in [1.165, 1.54) is 321 Å². The summed E-state index contributed by atoms with van der Waals surface area (Å²) in [6.07, 6.45) is 89.4. The van der Waals surface area contributed by atoms with Crippen LogP contribution in [0.25, 0.3) is 0 Å². The van der Waals surface area contributed by atoms with E-state index >= 15 is 0 Å². The highest BCUT2D eigenvalue weighted by atomic mass is 16.5. The molecule has 0 radical (unpaired) electrons. The lowest BCUT2D eigenvalue weighted by Crippen LogP contribution is -2.45. The molecule has 2 unspecified atom stereocenters. The zero-order valence-corrected chi connectivity index (χ0v) is 54.1. The van der Waals surface area contributed by atoms with Gasteiger partial charge in [0.15, 0.2) is 0 Å². The lowest BCUT2D eigenvalue weighted by molar-refractivity contribution is -0.143. The van der Waals surface area contributed by atoms with Crippen LogP contribution < -0.4 is 5.32 Å². The monoisotopic (exact) mass is 1120 g/mol. The predicted molar refractivity (Wildman–Crippen MR) is 352 cm³/mol. The van der Waals surface area contributed by atoms with Gasteiger partial charge in [0.25, 0.3) is 0 Å². The SMILES string of the molecule is CCCCCCCCC/C=C\CCCCCCCCCC(=O)OCCCCCCCCCCCCCC/C=C\CCCCCCCCCC(=O)NC(CO)C(O)/C=C/CCCCCCCCCCCCCCCCCCCCCC. The van der Waals surface area contributed by atoms with Crippen molar-refractivity contribution in [1.82, 2.24) is 5.32 Å². The normalized spacial score (nSPS) is 12.7. The minimum Gasteiger partial charge on any atom is -0.466 e. The van der Waals surface area contributed by atoms with E-state index in [1.54, 1.807) is 6.08 Å². The molecule has 0 aliphatic carbocycles. The van der Waals surface area contributed by atoms with Crippen LogP contribution >= 0.6 is 0 Å². The van der Waals surface area contributed by atoms with Crippen molar-refractivity contribution in [3.63, 3.8) is 0 Å². The molecule has 0 aromatic carbocycles. The summed E-state index contributed by atoms with van der Waals surface area (Å²) in [6.45, 7) is 4.93. The van der Waals surface area contributed by atoms with E-state index in [4.69, 9.17) is 4.74 Å². The number of carbonyl (C=O) groups excluding carboxylic acids is 2. The quantitative estimate of drug-likeness (QED) is 0.0320. The van der Waals surface area contributed by atoms with Crippen molar-refractivity contribution in [2.75, 3.05) is 13.2 Å². The first-order chi connectivity index (χ1) is 39.5. The molecule has 0 heterocycles. The Balaban J connectivity index is 3.43. The van der Waals surface area contributed by atoms with Gasteiger partial charge < -0.3 is 20.3 Å². The molecular formula is C74H141NO5. The predicted octanol–water partition coefficient (Wildman–Crippen LogP) is 23.5. The first-order valence-electron chi connectivity index (χ1n) is 36.3. The molecule has 0 spiro atoms. The third kappa shape index (κ3) is 65.2. The Morgan fingerprint density at radius 2 is 0.588 bits per heavy atom. The number of aliphatic hydroxyl groups excluding tert-OH is 2. The maximum Gasteiger partial charge on any atom is 0.305 e. The van der Waals surface area contributed by atoms with E-state index in [-0.39, 0.29) is 18.5 Å². The molecule has 0 aliphatic heterocycles. The molecule has 0 saturated heterocycles. The highest BCUT2D eigenvalue weighted by molar-refractivity contribution is 5.76. The number of hydrogen-bond donors (Lipinski definition) is 3. The number of amides is 1. The summed E-state index contributed by atoms with van der Waals surface area (Å²) in [5, 5.41) is 23.3. The number of ether oxygens (including phenoxy) is 1. The molecule has 0 rings (SSSR count). The number of hydrogen-bond acceptors (Lipinski definition) is 5. The Kier molecular flexibility index (Phi) is 67.9. The summed E-state index contributed by atoms with van der Waals surface area (Å²) in [5.41, 5.74) is 0. The third-order valence-corrected chi connectivity index (χ3v) is 16.9. The Bertz CT molecular complexity index is 1300. The van der Waals surface area contributed by atoms with Gasteiger partial charge in [0.1, 0.15) is 0 Å². The van der Waals surface area contributed by atoms with Gasteiger partial charge in [0.2, 0.25) is 5.91 Å². The van der Waals surface area contributed by atoms with E-state index in [9.17, 15) is 19.8 Å². The second-order valence-electron chi connectivity index (χ2n) is 24.9. The van der Waals surface area contributed by atoms with Gasteiger partial charge in [-0.2, -0.15) is 0 Å². The third-order valence-electron chi connectivity index (χ3n) is 16.9. The van der Waals surface area contributed by atoms with E-state index in [2.05, 4.69) is 43.5 Å². The zero-order chi connectivity index (χ0) is 57.8. The molecule has 0 aliphatic rings. The van der Waals surface area contributed by atoms with Crippen LogP contribution in [0.3, 0.4) is 0 Å². The van der Waals surface area contributed by atoms with Crippen LogP contribution in [0.4, 0.5) is 0 Å². The standard InChI is InChI=1S/C74H141NO5/c1-3-5-7-9-11-13-15-17-19-21-23-24-28-31-34-38-42-46-50-54-58-62-66-72(77)71(70-76)75-73(78)67-63-59-55-51-47-43-39-35-32-29-26-25-27-30-33-37-41-45-49-53-57-61-65-69-80-74(79)68-64-60-56-52-48-44-40-36-22-20-18-16-14-12-10-8-6-4-2/h20,22,29,32,62,66,71-72,76-77H,3-19,21,23-28,30-31,33-61,63-65,67-70H2,1-2H3,(H,75,78)/b22-20-,32-29-,66-62+. The summed E-state index contributed by atoms with van der Waals surface area (Å²) in [6, 6.07) is -0.634. The number of nitrogens with one attached hydrogen (secondary N) is 1. The molecule has 0 bridgehead atoms. The molecule has 1 amide bonds. The molecule has 0 fully saturated rings. The summed E-state index contributed by atoms with van der Waals surface area (Å²) in [4.78, 5) is 24.6. The molecule has 0 aromatic heterocycles. The number of rotatable bonds is 68. The van der Waals surface area contributed by atoms with Gasteiger partial charge >= 0.3 is 5.97 Å². The second-order valence-corrected chi connectivity index (χ2v) is 24.9. The fraction of sp³-hybridized carbons (Fsp3) is 0.892. The molecule has 6 nitrogen and oxygen atoms in total. The van der Waals surface area contributed by atoms with E-state index in [0.29, 0.717) is 19.4 Å². The maximum absolute atomic E-state index is 12.5. The molecule has 0 saturated carbocycles. The smallest absolute Gasteiger partial charge is 0.305 e. The van der Waals surface area contributed by atoms with Gasteiger partial charge in [-0.3, -0.25) is 9.59 Å². The van der Waals surface area contributed by atoms with Gasteiger partial charge in [0, 0.05) is 12.8 Å². The number of carbonyl (C=O) groups is 2. The van der Waals surface area contributed by atoms with Gasteiger partial charge in [-0.05, 0) is 83.5 Å². The van der Waals surface area contributed by atoms with E-state index < -0.39 is 12.1 Å². The van der Waals surface area contributed by atoms with Crippen LogP contribution in [-0.4, -0.2) is 47.4 Å². The van der Waals surface area contributed by atoms with Gasteiger partial charge in [-0.1, -0.05) is 339 Å². The topological polar surface area (TPSA) is 95.9 Å². The molecule has 0 aromatic rings. The average Bonchev–Trinajstić information content (AvgIpc) is 3.46. The summed E-state index contributed by atoms with van der Waals surface area (Å²) in [7, 11) is 0. The minimum atomic E-state index is -0.850. The van der Waals surface area contributed by atoms with Crippen LogP contribution in [0, 0.1) is 0 Å². The van der Waals surface area contributed by atoms with Crippen LogP contribution in [0.1, 0.15) is 399 Å². The molecule has 2 atom stereocenters. The number of esters is 1. The van der Waals surface area contributed by atoms with Gasteiger partial charge in [-0.25, -0.2) is 0 Å². The highest BCUT2D eigenvalue weighted by Gasteiger charge is 2.18. The van der Waals surface area contributed by atoms with Crippen molar-refractivity contribution >= 4 is 11.9 Å². The number of unbranched alkanes of at least 4 members (excludes halogenated alkanes) is 53. The van der Waals surface area contributed by atoms with Crippen molar-refractivity contribution in [3.8, 4) is 0 Å². The van der Waals surface area contributed by atoms with Crippen molar-refractivity contribution in [3.05, 3.63) is 36.5 Å². The van der Waals surface area contributed by atoms with Crippen molar-refractivity contribution in [1.29, 1.82) is 0 Å². The summed E-state index contributed by atoms with van der Waals surface area (Å²) in [5.74, 6) is -0.0618. The van der Waals surface area contributed by atoms with Gasteiger partial charge in [-0.15, -0.1) is 0 Å². The highest BCUT2D eigenvalue weighted by Crippen LogP contribution is 2.18. The first-order valence-corrected chi connectivity index (χ1v) is 36.3. The molecule has 6 heteroatoms. The summed E-state index contributed by atoms with van der Waals surface area (Å²) < 4.78 is 5.50. The Morgan fingerprint density at radius 3 is 0.887 bits per heavy atom. The molecular weight excluding hydrogens is 983 g/mol. The van der Waals surface area contributed by atoms with Crippen LogP contribution in [0.15, 0.2) is 36.5 Å². The van der Waals surface area contributed by atoms with Crippen LogP contribution in [0.2, 0.25) is 0 Å². The Hall–Kier alpha value is -1.92. The van der Waals surface area contributed by atoms with Crippen LogP contribution in [-0.2, 0) is 14.3 Å². The zero-order valence-electron chi connectivity index (χ0n) is 54.1. The lowest BCUT2D eigenvalue weighted by Gasteiger charge is -2.20. The number of aliphatic hydroxyl groups is 2. The molecule has 472 valence electrons. The van der Waals surface area contributed by atoms with E-state index in [0.717, 1.165) is 51.4 Å². The average molecular weight is 1120 g/mol. The number of allylic oxidation sites excluding steroid dienone is 5. The fourth-order valence-corrected chi connectivity index (χ4v) is 11.3. The largest absolute Gasteiger partial charge is 0.466 e. The Labute approximate surface area is 500 Å². The van der Waals surface area contributed by atoms with Crippen molar-refractivity contribution in [2.24, 2.45) is 0 Å². The fourth-order valence-electron chi connectivity index (χ4n) is 11.3. The van der Waals surface area contributed by atoms with Gasteiger partial charge in [0.05, 0.1) is 25.4 Å². The Morgan fingerprint density at radius 1 is 0.338 bits per heavy atom. The van der Waals surface area contributed by atoms with E-state index in [1.807, 2.05) is 6.08 Å². The van der Waals surface area contributed by atoms with Crippen molar-refractivity contribution < 1.29 is 24.5 Å². The molecule has 80 heavy (non-hydrogen) atoms. The van der Waals surface area contributed by atoms with Crippen LogP contribution in [0.5, 0.6) is 0 Å². The first kappa shape index (κ1) is 78.1. The molecule has 3 N–H and O–H groups in total. The summed E-state index contributed by atoms with van der Waals surface area (Å²) >= 11 is 0. The second kappa shape index (κ2) is 69.6. The minimum absolute atomic E-state index is 0.00876. The van der Waals surface area contributed by atoms with Crippen molar-refractivity contribution in [2.45, 2.75) is 411 Å².